The fourth-order valence-electron chi connectivity index (χ4n) is 1.91. The van der Waals surface area contributed by atoms with Crippen LogP contribution in [0.5, 0.6) is 0 Å². The maximum Gasteiger partial charge on any atom is 0.170 e. The molecule has 1 saturated heterocycles. The first-order chi connectivity index (χ1) is 7.36. The van der Waals surface area contributed by atoms with Gasteiger partial charge in [-0.2, -0.15) is 0 Å². The Morgan fingerprint density at radius 2 is 1.73 bits per heavy atom. The average Bonchev–Trinajstić information content (AvgIpc) is 2.28. The Morgan fingerprint density at radius 1 is 1.13 bits per heavy atom. The van der Waals surface area contributed by atoms with Gasteiger partial charge in [0.15, 0.2) is 8.38 Å². The normalized spacial score (nSPS) is 18.6. The highest BCUT2D eigenvalue weighted by molar-refractivity contribution is 7.47. The fraction of sp³-hybridized carbons (Fsp3) is 1.00. The molecule has 0 aromatic rings. The Bertz CT molecular complexity index is 146. The summed E-state index contributed by atoms with van der Waals surface area (Å²) in [7, 11) is -0.606. The van der Waals surface area contributed by atoms with Crippen LogP contribution in [-0.2, 0) is 9.05 Å². The third-order valence-electron chi connectivity index (χ3n) is 2.72. The van der Waals surface area contributed by atoms with Crippen molar-refractivity contribution in [3.63, 3.8) is 0 Å². The van der Waals surface area contributed by atoms with Crippen molar-refractivity contribution in [1.29, 1.82) is 0 Å². The quantitative estimate of drug-likeness (QED) is 0.686. The molecular weight excluding hydrogens is 209 g/mol. The zero-order valence-electron chi connectivity index (χ0n) is 10.00. The summed E-state index contributed by atoms with van der Waals surface area (Å²) in [6, 6.07) is 0. The molecule has 0 bridgehead atoms. The summed E-state index contributed by atoms with van der Waals surface area (Å²) in [5, 5.41) is 3.40. The van der Waals surface area contributed by atoms with E-state index in [2.05, 4.69) is 5.32 Å². The maximum absolute atomic E-state index is 5.60. The van der Waals surface area contributed by atoms with Crippen LogP contribution in [0.3, 0.4) is 0 Å². The molecule has 0 aliphatic carbocycles. The van der Waals surface area contributed by atoms with Gasteiger partial charge in [-0.15, -0.1) is 0 Å². The number of rotatable bonds is 7. The topological polar surface area (TPSA) is 30.5 Å². The number of piperidine rings is 1. The van der Waals surface area contributed by atoms with E-state index < -0.39 is 8.38 Å². The van der Waals surface area contributed by atoms with E-state index in [0.29, 0.717) is 0 Å². The molecule has 3 nitrogen and oxygen atoms in total. The van der Waals surface area contributed by atoms with E-state index in [9.17, 15) is 0 Å². The van der Waals surface area contributed by atoms with Gasteiger partial charge in [0.05, 0.1) is 13.2 Å². The van der Waals surface area contributed by atoms with Crippen molar-refractivity contribution < 1.29 is 9.05 Å². The maximum atomic E-state index is 5.60. The van der Waals surface area contributed by atoms with E-state index in [1.54, 1.807) is 0 Å². The van der Waals surface area contributed by atoms with Gasteiger partial charge in [0.2, 0.25) is 0 Å². The highest BCUT2D eigenvalue weighted by Gasteiger charge is 2.16. The molecule has 0 saturated carbocycles. The zero-order valence-corrected chi connectivity index (χ0v) is 10.9. The summed E-state index contributed by atoms with van der Waals surface area (Å²) in [5.74, 6) is 0.886. The Kier molecular flexibility index (Phi) is 7.54. The minimum Gasteiger partial charge on any atom is -0.334 e. The predicted molar refractivity (Wildman–Crippen MR) is 65.2 cm³/mol. The van der Waals surface area contributed by atoms with E-state index in [4.69, 9.17) is 9.05 Å². The summed E-state index contributed by atoms with van der Waals surface area (Å²) in [5.41, 5.74) is 0. The molecule has 0 unspecified atom stereocenters. The largest absolute Gasteiger partial charge is 0.334 e. The van der Waals surface area contributed by atoms with Crippen LogP contribution >= 0.6 is 8.38 Å². The Labute approximate surface area is 94.8 Å². The molecule has 90 valence electrons. The number of nitrogens with one attached hydrogen (secondary N) is 1. The van der Waals surface area contributed by atoms with Crippen molar-refractivity contribution in [2.75, 3.05) is 32.5 Å². The lowest BCUT2D eigenvalue weighted by atomic mass is 9.96. The first-order valence-electron chi connectivity index (χ1n) is 6.10. The molecule has 1 heterocycles. The van der Waals surface area contributed by atoms with Gasteiger partial charge in [-0.05, 0) is 52.1 Å². The standard InChI is InChI=1S/C11H24NO2P/c1-3-13-15(14-4-2)10-7-11-5-8-12-9-6-11/h11-12H,3-10H2,1-2H3. The zero-order chi connectivity index (χ0) is 10.9. The van der Waals surface area contributed by atoms with Crippen molar-refractivity contribution in [3.8, 4) is 0 Å². The summed E-state index contributed by atoms with van der Waals surface area (Å²) < 4.78 is 11.2. The van der Waals surface area contributed by atoms with Crippen molar-refractivity contribution in [2.45, 2.75) is 33.1 Å². The van der Waals surface area contributed by atoms with Gasteiger partial charge in [0, 0.05) is 6.16 Å². The Hall–Kier alpha value is 0.310. The average molecular weight is 233 g/mol. The summed E-state index contributed by atoms with van der Waals surface area (Å²) in [6.45, 7) is 8.01. The van der Waals surface area contributed by atoms with Crippen molar-refractivity contribution in [3.05, 3.63) is 0 Å². The highest BCUT2D eigenvalue weighted by Crippen LogP contribution is 2.40. The van der Waals surface area contributed by atoms with Crippen LogP contribution < -0.4 is 5.32 Å². The van der Waals surface area contributed by atoms with E-state index in [1.165, 1.54) is 32.4 Å². The lowest BCUT2D eigenvalue weighted by molar-refractivity contribution is 0.264. The van der Waals surface area contributed by atoms with Crippen LogP contribution in [0.1, 0.15) is 33.1 Å². The van der Waals surface area contributed by atoms with Gasteiger partial charge in [0.1, 0.15) is 0 Å². The second-order valence-corrected chi connectivity index (χ2v) is 5.50. The Morgan fingerprint density at radius 3 is 2.27 bits per heavy atom. The number of hydrogen-bond donors (Lipinski definition) is 1. The minimum absolute atomic E-state index is 0.606. The van der Waals surface area contributed by atoms with Crippen LogP contribution in [0.15, 0.2) is 0 Å². The SMILES string of the molecule is CCOP(CCC1CCNCC1)OCC. The van der Waals surface area contributed by atoms with E-state index in [-0.39, 0.29) is 0 Å². The molecule has 0 amide bonds. The van der Waals surface area contributed by atoms with Crippen LogP contribution in [0.2, 0.25) is 0 Å². The van der Waals surface area contributed by atoms with Crippen LogP contribution in [0.4, 0.5) is 0 Å². The molecule has 1 rings (SSSR count). The lowest BCUT2D eigenvalue weighted by Gasteiger charge is -2.24. The summed E-state index contributed by atoms with van der Waals surface area (Å²) in [4.78, 5) is 0. The van der Waals surface area contributed by atoms with Gasteiger partial charge >= 0.3 is 0 Å². The molecule has 15 heavy (non-hydrogen) atoms. The molecule has 1 aliphatic rings. The van der Waals surface area contributed by atoms with Crippen LogP contribution in [0, 0.1) is 5.92 Å². The van der Waals surface area contributed by atoms with Gasteiger partial charge in [-0.3, -0.25) is 0 Å². The summed E-state index contributed by atoms with van der Waals surface area (Å²) >= 11 is 0. The summed E-state index contributed by atoms with van der Waals surface area (Å²) in [6.07, 6.45) is 5.03. The van der Waals surface area contributed by atoms with Crippen molar-refractivity contribution in [2.24, 2.45) is 5.92 Å². The molecular formula is C11H24NO2P. The molecule has 1 fully saturated rings. The number of hydrogen-bond acceptors (Lipinski definition) is 3. The van der Waals surface area contributed by atoms with Gasteiger partial charge in [-0.25, -0.2) is 0 Å². The first kappa shape index (κ1) is 13.4. The van der Waals surface area contributed by atoms with Gasteiger partial charge in [-0.1, -0.05) is 0 Å². The third kappa shape index (κ3) is 5.82. The van der Waals surface area contributed by atoms with Crippen molar-refractivity contribution in [1.82, 2.24) is 5.32 Å². The molecule has 0 aromatic carbocycles. The molecule has 0 aromatic heterocycles. The molecule has 0 atom stereocenters. The second-order valence-electron chi connectivity index (χ2n) is 3.87. The first-order valence-corrected chi connectivity index (χ1v) is 7.47. The third-order valence-corrected chi connectivity index (χ3v) is 4.44. The van der Waals surface area contributed by atoms with E-state index in [0.717, 1.165) is 25.3 Å². The fourth-order valence-corrected chi connectivity index (χ4v) is 3.40. The monoisotopic (exact) mass is 233 g/mol. The van der Waals surface area contributed by atoms with Crippen LogP contribution in [0.25, 0.3) is 0 Å². The predicted octanol–water partition coefficient (Wildman–Crippen LogP) is 2.76. The molecule has 0 radical (unpaired) electrons. The highest BCUT2D eigenvalue weighted by atomic mass is 31.2. The molecule has 1 N–H and O–H groups in total. The molecule has 0 spiro atoms. The lowest BCUT2D eigenvalue weighted by Crippen LogP contribution is -2.28. The minimum atomic E-state index is -0.606. The van der Waals surface area contributed by atoms with E-state index in [1.807, 2.05) is 13.8 Å². The van der Waals surface area contributed by atoms with Crippen LogP contribution in [-0.4, -0.2) is 32.5 Å². The van der Waals surface area contributed by atoms with Gasteiger partial charge < -0.3 is 14.4 Å². The van der Waals surface area contributed by atoms with Crippen molar-refractivity contribution >= 4 is 8.38 Å². The molecule has 1 aliphatic heterocycles. The van der Waals surface area contributed by atoms with E-state index >= 15 is 0 Å². The Balaban J connectivity index is 2.13. The second kappa shape index (κ2) is 8.46. The smallest absolute Gasteiger partial charge is 0.170 e. The molecule has 4 heteroatoms. The van der Waals surface area contributed by atoms with Gasteiger partial charge in [0.25, 0.3) is 0 Å².